The normalized spacial score (nSPS) is 10.4. The summed E-state index contributed by atoms with van der Waals surface area (Å²) in [6.45, 7) is 2.08. The maximum Gasteiger partial charge on any atom is 0.250 e. The highest BCUT2D eigenvalue weighted by molar-refractivity contribution is 5.98. The molecule has 0 saturated carbocycles. The quantitative estimate of drug-likeness (QED) is 0.542. The van der Waals surface area contributed by atoms with Gasteiger partial charge < -0.3 is 14.8 Å². The Morgan fingerprint density at radius 2 is 1.45 bits per heavy atom. The van der Waals surface area contributed by atoms with Crippen LogP contribution in [-0.2, 0) is 22.7 Å². The number of ketones is 1. The molecule has 3 aromatic carbocycles. The van der Waals surface area contributed by atoms with Gasteiger partial charge in [0.1, 0.15) is 19.0 Å². The Kier molecular flexibility index (Phi) is 7.14. The van der Waals surface area contributed by atoms with Crippen molar-refractivity contribution in [2.75, 3.05) is 11.9 Å². The number of nitrogens with one attached hydrogen (secondary N) is 1. The lowest BCUT2D eigenvalue weighted by molar-refractivity contribution is -0.121. The van der Waals surface area contributed by atoms with Crippen LogP contribution in [0.2, 0.25) is 0 Å². The summed E-state index contributed by atoms with van der Waals surface area (Å²) in [5.74, 6) is 0.0943. The molecule has 0 aliphatic heterocycles. The summed E-state index contributed by atoms with van der Waals surface area (Å²) in [6.07, 6.45) is 0. The predicted octanol–water partition coefficient (Wildman–Crippen LogP) is 4.62. The van der Waals surface area contributed by atoms with Crippen LogP contribution in [0.1, 0.15) is 28.4 Å². The van der Waals surface area contributed by atoms with E-state index >= 15 is 0 Å². The number of rotatable bonds is 9. The molecule has 1 N–H and O–H groups in total. The summed E-state index contributed by atoms with van der Waals surface area (Å²) in [7, 11) is 0. The van der Waals surface area contributed by atoms with Crippen molar-refractivity contribution in [1.82, 2.24) is 0 Å². The third kappa shape index (κ3) is 6.30. The molecule has 0 aliphatic carbocycles. The van der Waals surface area contributed by atoms with Crippen molar-refractivity contribution in [3.63, 3.8) is 0 Å². The first kappa shape index (κ1) is 20.3. The van der Waals surface area contributed by atoms with Gasteiger partial charge in [-0.15, -0.1) is 0 Å². The highest BCUT2D eigenvalue weighted by Crippen LogP contribution is 2.27. The Hall–Kier alpha value is -3.44. The fourth-order valence-corrected chi connectivity index (χ4v) is 2.73. The van der Waals surface area contributed by atoms with E-state index in [2.05, 4.69) is 5.32 Å². The maximum atomic E-state index is 12.3. The van der Waals surface area contributed by atoms with Crippen LogP contribution in [0.4, 0.5) is 5.69 Å². The first-order valence-electron chi connectivity index (χ1n) is 9.35. The summed E-state index contributed by atoms with van der Waals surface area (Å²) in [5.41, 5.74) is 2.94. The lowest BCUT2D eigenvalue weighted by Gasteiger charge is -2.14. The van der Waals surface area contributed by atoms with Crippen LogP contribution >= 0.6 is 0 Å². The molecule has 29 heavy (non-hydrogen) atoms. The Morgan fingerprint density at radius 3 is 2.07 bits per heavy atom. The molecule has 1 amide bonds. The van der Waals surface area contributed by atoms with Gasteiger partial charge in [0.05, 0.1) is 12.3 Å². The number of hydrogen-bond acceptors (Lipinski definition) is 4. The minimum Gasteiger partial charge on any atom is -0.487 e. The van der Waals surface area contributed by atoms with Crippen molar-refractivity contribution in [3.05, 3.63) is 95.6 Å². The molecule has 0 unspecified atom stereocenters. The fourth-order valence-electron chi connectivity index (χ4n) is 2.73. The second kappa shape index (κ2) is 10.2. The zero-order valence-corrected chi connectivity index (χ0v) is 16.3. The van der Waals surface area contributed by atoms with Gasteiger partial charge in [0.25, 0.3) is 0 Å². The molecule has 148 valence electrons. The minimum atomic E-state index is -0.314. The summed E-state index contributed by atoms with van der Waals surface area (Å²) in [6, 6.07) is 24.4. The molecule has 0 radical (unpaired) electrons. The van der Waals surface area contributed by atoms with Crippen LogP contribution in [0.3, 0.4) is 0 Å². The van der Waals surface area contributed by atoms with Crippen LogP contribution in [0.15, 0.2) is 78.9 Å². The number of benzene rings is 3. The van der Waals surface area contributed by atoms with E-state index in [0.29, 0.717) is 30.2 Å². The Morgan fingerprint density at radius 1 is 0.828 bits per heavy atom. The van der Waals surface area contributed by atoms with E-state index in [9.17, 15) is 9.59 Å². The minimum absolute atomic E-state index is 0.0876. The second-order valence-electron chi connectivity index (χ2n) is 6.57. The number of Topliss-reactive ketones (excluding diaryl/α,β-unsaturated/α-hetero) is 1. The van der Waals surface area contributed by atoms with Crippen molar-refractivity contribution in [2.45, 2.75) is 20.1 Å². The second-order valence-corrected chi connectivity index (χ2v) is 6.57. The van der Waals surface area contributed by atoms with Gasteiger partial charge in [0, 0.05) is 5.56 Å². The molecule has 0 aliphatic rings. The first-order chi connectivity index (χ1) is 14.1. The third-order valence-corrected chi connectivity index (χ3v) is 4.24. The Balaban J connectivity index is 1.64. The summed E-state index contributed by atoms with van der Waals surface area (Å²) < 4.78 is 11.3. The largest absolute Gasteiger partial charge is 0.487 e. The number of amides is 1. The molecule has 0 saturated heterocycles. The number of hydrogen-bond donors (Lipinski definition) is 1. The van der Waals surface area contributed by atoms with Gasteiger partial charge in [-0.2, -0.15) is 0 Å². The van der Waals surface area contributed by atoms with Crippen LogP contribution < -0.4 is 10.1 Å². The van der Waals surface area contributed by atoms with Gasteiger partial charge in [-0.25, -0.2) is 0 Å². The van der Waals surface area contributed by atoms with Crippen molar-refractivity contribution >= 4 is 17.4 Å². The molecule has 5 nitrogen and oxygen atoms in total. The van der Waals surface area contributed by atoms with Crippen LogP contribution in [0.25, 0.3) is 0 Å². The average molecular weight is 389 g/mol. The molecule has 0 aromatic heterocycles. The standard InChI is InChI=1S/C24H23NO4/c1-18(26)21-12-13-23(29-16-20-10-6-3-7-11-20)22(14-21)25-24(27)17-28-15-19-8-4-2-5-9-19/h2-14H,15-17H2,1H3,(H,25,27). The van der Waals surface area contributed by atoms with E-state index in [1.807, 2.05) is 60.7 Å². The summed E-state index contributed by atoms with van der Waals surface area (Å²) >= 11 is 0. The van der Waals surface area contributed by atoms with Gasteiger partial charge in [-0.1, -0.05) is 60.7 Å². The van der Waals surface area contributed by atoms with Crippen LogP contribution in [0.5, 0.6) is 5.75 Å². The summed E-state index contributed by atoms with van der Waals surface area (Å²) in [4.78, 5) is 24.1. The first-order valence-corrected chi connectivity index (χ1v) is 9.35. The number of carbonyl (C=O) groups is 2. The van der Waals surface area contributed by atoms with Crippen LogP contribution in [-0.4, -0.2) is 18.3 Å². The smallest absolute Gasteiger partial charge is 0.250 e. The molecule has 0 atom stereocenters. The predicted molar refractivity (Wildman–Crippen MR) is 112 cm³/mol. The number of carbonyl (C=O) groups excluding carboxylic acids is 2. The van der Waals surface area contributed by atoms with Gasteiger partial charge in [-0.3, -0.25) is 9.59 Å². The number of anilines is 1. The fraction of sp³-hybridized carbons (Fsp3) is 0.167. The molecule has 3 rings (SSSR count). The van der Waals surface area contributed by atoms with E-state index in [1.54, 1.807) is 18.2 Å². The highest BCUT2D eigenvalue weighted by Gasteiger charge is 2.12. The average Bonchev–Trinajstić information content (AvgIpc) is 2.74. The van der Waals surface area contributed by atoms with Crippen molar-refractivity contribution in [2.24, 2.45) is 0 Å². The topological polar surface area (TPSA) is 64.6 Å². The molecule has 0 heterocycles. The van der Waals surface area contributed by atoms with E-state index in [0.717, 1.165) is 11.1 Å². The lowest BCUT2D eigenvalue weighted by atomic mass is 10.1. The zero-order valence-electron chi connectivity index (χ0n) is 16.3. The molecular weight excluding hydrogens is 366 g/mol. The Labute approximate surface area is 170 Å². The SMILES string of the molecule is CC(=O)c1ccc(OCc2ccccc2)c(NC(=O)COCc2ccccc2)c1. The van der Waals surface area contributed by atoms with E-state index < -0.39 is 0 Å². The van der Waals surface area contributed by atoms with Gasteiger partial charge >= 0.3 is 0 Å². The van der Waals surface area contributed by atoms with Crippen molar-refractivity contribution in [3.8, 4) is 5.75 Å². The van der Waals surface area contributed by atoms with Gasteiger partial charge in [0.15, 0.2) is 5.78 Å². The molecule has 3 aromatic rings. The summed E-state index contributed by atoms with van der Waals surface area (Å²) in [5, 5.41) is 2.79. The van der Waals surface area contributed by atoms with Gasteiger partial charge in [0.2, 0.25) is 5.91 Å². The zero-order chi connectivity index (χ0) is 20.5. The monoisotopic (exact) mass is 389 g/mol. The van der Waals surface area contributed by atoms with Gasteiger partial charge in [-0.05, 0) is 36.2 Å². The highest BCUT2D eigenvalue weighted by atomic mass is 16.5. The molecule has 0 bridgehead atoms. The molecule has 0 fully saturated rings. The third-order valence-electron chi connectivity index (χ3n) is 4.24. The molecule has 5 heteroatoms. The molecular formula is C24H23NO4. The van der Waals surface area contributed by atoms with Crippen LogP contribution in [0, 0.1) is 0 Å². The molecule has 0 spiro atoms. The van der Waals surface area contributed by atoms with Crippen molar-refractivity contribution < 1.29 is 19.1 Å². The van der Waals surface area contributed by atoms with E-state index in [4.69, 9.17) is 9.47 Å². The number of ether oxygens (including phenoxy) is 2. The van der Waals surface area contributed by atoms with E-state index in [-0.39, 0.29) is 18.3 Å². The maximum absolute atomic E-state index is 12.3. The van der Waals surface area contributed by atoms with Crippen molar-refractivity contribution in [1.29, 1.82) is 0 Å². The Bertz CT molecular complexity index is 955. The van der Waals surface area contributed by atoms with E-state index in [1.165, 1.54) is 6.92 Å². The lowest BCUT2D eigenvalue weighted by Crippen LogP contribution is -2.19.